The summed E-state index contributed by atoms with van der Waals surface area (Å²) in [5, 5.41) is 14.4. The van der Waals surface area contributed by atoms with Gasteiger partial charge in [-0.15, -0.1) is 0 Å². The number of carbonyl (C=O) groups is 3. The Hall–Kier alpha value is -2.08. The Morgan fingerprint density at radius 3 is 2.18 bits per heavy atom. The van der Waals surface area contributed by atoms with Gasteiger partial charge in [-0.3, -0.25) is 14.4 Å². The zero-order chi connectivity index (χ0) is 16.4. The Balaban J connectivity index is 2.11. The molecule has 0 fully saturated rings. The molecule has 2 amide bonds. The molecule has 0 aliphatic rings. The Morgan fingerprint density at radius 1 is 0.955 bits per heavy atom. The highest BCUT2D eigenvalue weighted by atomic mass is 35.5. The maximum atomic E-state index is 11.8. The molecule has 6 nitrogen and oxygen atoms in total. The van der Waals surface area contributed by atoms with Crippen molar-refractivity contribution in [3.63, 3.8) is 0 Å². The highest BCUT2D eigenvalue weighted by Gasteiger charge is 2.06. The summed E-state index contributed by atoms with van der Waals surface area (Å²) in [6, 6.07) is 6.54. The van der Waals surface area contributed by atoms with Crippen molar-refractivity contribution in [3.05, 3.63) is 34.9 Å². The lowest BCUT2D eigenvalue weighted by Crippen LogP contribution is -2.28. The minimum Gasteiger partial charge on any atom is -0.481 e. The summed E-state index contributed by atoms with van der Waals surface area (Å²) in [6.07, 6.45) is 1.25. The molecule has 1 rings (SSSR count). The number of hydrogen-bond donors (Lipinski definition) is 3. The third-order valence-electron chi connectivity index (χ3n) is 2.86. The number of carboxylic acid groups (broad SMARTS) is 1. The molecule has 0 aliphatic carbocycles. The van der Waals surface area contributed by atoms with E-state index in [1.165, 1.54) is 0 Å². The maximum Gasteiger partial charge on any atom is 0.303 e. The van der Waals surface area contributed by atoms with Gasteiger partial charge in [-0.1, -0.05) is 11.6 Å². The number of benzene rings is 1. The van der Waals surface area contributed by atoms with Gasteiger partial charge in [0.05, 0.1) is 0 Å². The van der Waals surface area contributed by atoms with Gasteiger partial charge in [-0.2, -0.15) is 0 Å². The van der Waals surface area contributed by atoms with Crippen LogP contribution in [0.3, 0.4) is 0 Å². The molecular weight excluding hydrogens is 308 g/mol. The first kappa shape index (κ1) is 18.0. The third-order valence-corrected chi connectivity index (χ3v) is 3.11. The predicted molar refractivity (Wildman–Crippen MR) is 82.9 cm³/mol. The van der Waals surface area contributed by atoms with E-state index < -0.39 is 5.97 Å². The molecule has 0 spiro atoms. The van der Waals surface area contributed by atoms with Gasteiger partial charge in [0.15, 0.2) is 0 Å². The molecule has 0 bridgehead atoms. The van der Waals surface area contributed by atoms with Crippen molar-refractivity contribution >= 4 is 29.4 Å². The van der Waals surface area contributed by atoms with Crippen LogP contribution in [0.25, 0.3) is 0 Å². The Bertz CT molecular complexity index is 517. The molecule has 3 N–H and O–H groups in total. The topological polar surface area (TPSA) is 95.5 Å². The number of carboxylic acids is 1. The van der Waals surface area contributed by atoms with E-state index in [2.05, 4.69) is 10.6 Å². The van der Waals surface area contributed by atoms with E-state index in [1.54, 1.807) is 24.3 Å². The number of aliphatic carboxylic acids is 1. The number of hydrogen-bond acceptors (Lipinski definition) is 3. The van der Waals surface area contributed by atoms with Crippen molar-refractivity contribution in [1.29, 1.82) is 0 Å². The normalized spacial score (nSPS) is 10.0. The van der Waals surface area contributed by atoms with Crippen molar-refractivity contribution in [3.8, 4) is 0 Å². The van der Waals surface area contributed by atoms with Gasteiger partial charge in [0.1, 0.15) is 0 Å². The van der Waals surface area contributed by atoms with E-state index in [0.717, 1.165) is 0 Å². The molecule has 1 aromatic rings. The second-order valence-corrected chi connectivity index (χ2v) is 5.15. The molecular formula is C15H19ClN2O4. The summed E-state index contributed by atoms with van der Waals surface area (Å²) in [6.45, 7) is 0.742. The zero-order valence-electron chi connectivity index (χ0n) is 12.1. The van der Waals surface area contributed by atoms with Crippen LogP contribution in [-0.4, -0.2) is 36.0 Å². The summed E-state index contributed by atoms with van der Waals surface area (Å²) < 4.78 is 0. The number of nitrogens with one attached hydrogen (secondary N) is 2. The van der Waals surface area contributed by atoms with Crippen molar-refractivity contribution in [2.45, 2.75) is 25.7 Å². The molecule has 0 aliphatic heterocycles. The van der Waals surface area contributed by atoms with Crippen LogP contribution in [0.5, 0.6) is 0 Å². The summed E-state index contributed by atoms with van der Waals surface area (Å²) in [5.41, 5.74) is 0.516. The van der Waals surface area contributed by atoms with Gasteiger partial charge >= 0.3 is 5.97 Å². The minimum absolute atomic E-state index is 0.0391. The first-order chi connectivity index (χ1) is 10.5. The quantitative estimate of drug-likeness (QED) is 0.603. The fourth-order valence-electron chi connectivity index (χ4n) is 1.71. The summed E-state index contributed by atoms with van der Waals surface area (Å²) in [5.74, 6) is -1.23. The van der Waals surface area contributed by atoms with Gasteiger partial charge in [0.25, 0.3) is 5.91 Å². The SMILES string of the molecule is O=C(O)CCCNC(=O)CCCNC(=O)c1ccc(Cl)cc1. The zero-order valence-corrected chi connectivity index (χ0v) is 12.9. The van der Waals surface area contributed by atoms with Gasteiger partial charge in [-0.25, -0.2) is 0 Å². The maximum absolute atomic E-state index is 11.8. The van der Waals surface area contributed by atoms with Crippen LogP contribution in [0.1, 0.15) is 36.0 Å². The molecule has 0 saturated heterocycles. The molecule has 1 aromatic carbocycles. The summed E-state index contributed by atoms with van der Waals surface area (Å²) >= 11 is 5.74. The van der Waals surface area contributed by atoms with Crippen LogP contribution in [0.15, 0.2) is 24.3 Å². The average molecular weight is 327 g/mol. The van der Waals surface area contributed by atoms with Gasteiger partial charge in [0.2, 0.25) is 5.91 Å². The van der Waals surface area contributed by atoms with Crippen molar-refractivity contribution in [2.75, 3.05) is 13.1 Å². The van der Waals surface area contributed by atoms with Crippen LogP contribution in [0.2, 0.25) is 5.02 Å². The van der Waals surface area contributed by atoms with E-state index in [0.29, 0.717) is 36.5 Å². The average Bonchev–Trinajstić information content (AvgIpc) is 2.48. The van der Waals surface area contributed by atoms with Crippen molar-refractivity contribution < 1.29 is 19.5 Å². The fraction of sp³-hybridized carbons (Fsp3) is 0.400. The van der Waals surface area contributed by atoms with Crippen LogP contribution < -0.4 is 10.6 Å². The first-order valence-electron chi connectivity index (χ1n) is 7.01. The smallest absolute Gasteiger partial charge is 0.303 e. The highest BCUT2D eigenvalue weighted by Crippen LogP contribution is 2.09. The van der Waals surface area contributed by atoms with Gasteiger partial charge in [-0.05, 0) is 37.1 Å². The predicted octanol–water partition coefficient (Wildman–Crippen LogP) is 1.83. The molecule has 120 valence electrons. The van der Waals surface area contributed by atoms with E-state index in [9.17, 15) is 14.4 Å². The Kier molecular flexibility index (Phi) is 7.99. The number of amides is 2. The molecule has 0 saturated carbocycles. The molecule has 7 heteroatoms. The standard InChI is InChI=1S/C15H19ClN2O4/c16-12-7-5-11(6-8-12)15(22)18-10-1-3-13(19)17-9-2-4-14(20)21/h5-8H,1-4,9-10H2,(H,17,19)(H,18,22)(H,20,21). The minimum atomic E-state index is -0.876. The van der Waals surface area contributed by atoms with E-state index in [4.69, 9.17) is 16.7 Å². The summed E-state index contributed by atoms with van der Waals surface area (Å²) in [4.78, 5) is 33.5. The van der Waals surface area contributed by atoms with Gasteiger partial charge in [0, 0.05) is 36.5 Å². The second kappa shape index (κ2) is 9.78. The molecule has 0 radical (unpaired) electrons. The second-order valence-electron chi connectivity index (χ2n) is 4.71. The van der Waals surface area contributed by atoms with Crippen molar-refractivity contribution in [1.82, 2.24) is 10.6 Å². The molecule has 0 heterocycles. The van der Waals surface area contributed by atoms with Crippen molar-refractivity contribution in [2.24, 2.45) is 0 Å². The van der Waals surface area contributed by atoms with Crippen LogP contribution in [0.4, 0.5) is 0 Å². The molecule has 22 heavy (non-hydrogen) atoms. The third kappa shape index (κ3) is 7.64. The lowest BCUT2D eigenvalue weighted by Gasteiger charge is -2.06. The number of carbonyl (C=O) groups excluding carboxylic acids is 2. The van der Waals surface area contributed by atoms with Crippen LogP contribution in [0, 0.1) is 0 Å². The van der Waals surface area contributed by atoms with Crippen LogP contribution in [-0.2, 0) is 9.59 Å². The fourth-order valence-corrected chi connectivity index (χ4v) is 1.84. The first-order valence-corrected chi connectivity index (χ1v) is 7.39. The van der Waals surface area contributed by atoms with E-state index in [1.807, 2.05) is 0 Å². The van der Waals surface area contributed by atoms with Gasteiger partial charge < -0.3 is 15.7 Å². The molecule has 0 atom stereocenters. The molecule has 0 aromatic heterocycles. The Labute approximate surface area is 133 Å². The van der Waals surface area contributed by atoms with E-state index in [-0.39, 0.29) is 24.7 Å². The highest BCUT2D eigenvalue weighted by molar-refractivity contribution is 6.30. The van der Waals surface area contributed by atoms with E-state index >= 15 is 0 Å². The molecule has 0 unspecified atom stereocenters. The lowest BCUT2D eigenvalue weighted by molar-refractivity contribution is -0.137. The monoisotopic (exact) mass is 326 g/mol. The number of halogens is 1. The van der Waals surface area contributed by atoms with Crippen LogP contribution >= 0.6 is 11.6 Å². The number of rotatable bonds is 9. The largest absolute Gasteiger partial charge is 0.481 e. The summed E-state index contributed by atoms with van der Waals surface area (Å²) in [7, 11) is 0. The lowest BCUT2D eigenvalue weighted by atomic mass is 10.2. The Morgan fingerprint density at radius 2 is 1.55 bits per heavy atom.